The lowest BCUT2D eigenvalue weighted by molar-refractivity contribution is -0.128. The summed E-state index contributed by atoms with van der Waals surface area (Å²) in [6.45, 7) is 10.1. The molecule has 1 fully saturated rings. The standard InChI is InChI=1S/C23H32N6O/c1-18(30)28-12-5-13-29(15-14-28)21-7-4-6-19(8-9-21)22-16-20(26-11-10-24-2)17-23(25-3)27-22/h4,7-9,16,26H,2,5-6,10-15,17H2,1,3H3. The molecule has 0 atom stereocenters. The van der Waals surface area contributed by atoms with Crippen LogP contribution < -0.4 is 5.32 Å². The maximum absolute atomic E-state index is 11.7. The Bertz CT molecular complexity index is 846. The molecule has 1 N–H and O–H groups in total. The number of dihydropyridines is 1. The first-order valence-electron chi connectivity index (χ1n) is 10.6. The van der Waals surface area contributed by atoms with Gasteiger partial charge in [0.15, 0.2) is 0 Å². The van der Waals surface area contributed by atoms with Crippen molar-refractivity contribution in [3.63, 3.8) is 0 Å². The van der Waals surface area contributed by atoms with Crippen molar-refractivity contribution in [3.8, 4) is 0 Å². The molecule has 0 aromatic carbocycles. The van der Waals surface area contributed by atoms with Crippen molar-refractivity contribution in [3.05, 3.63) is 47.3 Å². The van der Waals surface area contributed by atoms with Crippen molar-refractivity contribution in [1.82, 2.24) is 15.1 Å². The lowest BCUT2D eigenvalue weighted by Crippen LogP contribution is -2.33. The van der Waals surface area contributed by atoms with Crippen LogP contribution in [0.2, 0.25) is 0 Å². The van der Waals surface area contributed by atoms with E-state index in [2.05, 4.69) is 57.3 Å². The molecule has 0 aromatic heterocycles. The van der Waals surface area contributed by atoms with Crippen molar-refractivity contribution >= 4 is 24.2 Å². The van der Waals surface area contributed by atoms with Gasteiger partial charge in [0.25, 0.3) is 0 Å². The van der Waals surface area contributed by atoms with Gasteiger partial charge in [-0.1, -0.05) is 12.2 Å². The fourth-order valence-electron chi connectivity index (χ4n) is 3.81. The Kier molecular flexibility index (Phi) is 7.76. The first-order chi connectivity index (χ1) is 14.6. The Hall–Kier alpha value is -2.96. The highest BCUT2D eigenvalue weighted by atomic mass is 16.2. The molecule has 2 aliphatic heterocycles. The van der Waals surface area contributed by atoms with Crippen molar-refractivity contribution < 1.29 is 4.79 Å². The number of nitrogens with zero attached hydrogens (tertiary/aromatic N) is 5. The van der Waals surface area contributed by atoms with E-state index in [0.717, 1.165) is 62.8 Å². The Labute approximate surface area is 179 Å². The third-order valence-electron chi connectivity index (χ3n) is 5.51. The smallest absolute Gasteiger partial charge is 0.219 e. The summed E-state index contributed by atoms with van der Waals surface area (Å²) in [7, 11) is 1.79. The summed E-state index contributed by atoms with van der Waals surface area (Å²) in [6.07, 6.45) is 13.4. The fourth-order valence-corrected chi connectivity index (χ4v) is 3.81. The van der Waals surface area contributed by atoms with E-state index in [0.29, 0.717) is 13.0 Å². The summed E-state index contributed by atoms with van der Waals surface area (Å²) >= 11 is 0. The summed E-state index contributed by atoms with van der Waals surface area (Å²) < 4.78 is 0. The highest BCUT2D eigenvalue weighted by Gasteiger charge is 2.19. The van der Waals surface area contributed by atoms with Crippen LogP contribution in [0.4, 0.5) is 0 Å². The van der Waals surface area contributed by atoms with Gasteiger partial charge in [-0.05, 0) is 43.4 Å². The number of carbonyl (C=O) groups excluding carboxylic acids is 1. The van der Waals surface area contributed by atoms with Crippen LogP contribution >= 0.6 is 0 Å². The molecule has 160 valence electrons. The number of amides is 1. The summed E-state index contributed by atoms with van der Waals surface area (Å²) in [5.41, 5.74) is 4.43. The number of rotatable bonds is 6. The molecule has 0 aromatic rings. The second kappa shape index (κ2) is 10.7. The van der Waals surface area contributed by atoms with E-state index in [9.17, 15) is 4.79 Å². The zero-order chi connectivity index (χ0) is 21.3. The molecule has 1 aliphatic carbocycles. The molecule has 0 unspecified atom stereocenters. The first kappa shape index (κ1) is 21.7. The van der Waals surface area contributed by atoms with Crippen LogP contribution in [-0.2, 0) is 4.79 Å². The molecule has 1 saturated heterocycles. The lowest BCUT2D eigenvalue weighted by Gasteiger charge is -2.24. The van der Waals surface area contributed by atoms with E-state index in [1.807, 2.05) is 4.90 Å². The Morgan fingerprint density at radius 3 is 2.90 bits per heavy atom. The van der Waals surface area contributed by atoms with Gasteiger partial charge in [-0.2, -0.15) is 0 Å². The van der Waals surface area contributed by atoms with Crippen LogP contribution in [0.1, 0.15) is 26.2 Å². The van der Waals surface area contributed by atoms with Gasteiger partial charge in [0.2, 0.25) is 5.91 Å². The summed E-state index contributed by atoms with van der Waals surface area (Å²) in [5, 5.41) is 3.42. The molecule has 0 saturated carbocycles. The second-order valence-corrected chi connectivity index (χ2v) is 7.59. The van der Waals surface area contributed by atoms with Gasteiger partial charge in [0, 0.05) is 64.5 Å². The van der Waals surface area contributed by atoms with Crippen LogP contribution in [0.15, 0.2) is 62.3 Å². The van der Waals surface area contributed by atoms with E-state index in [-0.39, 0.29) is 5.91 Å². The number of hydrogen-bond acceptors (Lipinski definition) is 5. The summed E-state index contributed by atoms with van der Waals surface area (Å²) in [4.78, 5) is 29.0. The minimum atomic E-state index is 0.160. The van der Waals surface area contributed by atoms with Gasteiger partial charge in [0.05, 0.1) is 12.3 Å². The van der Waals surface area contributed by atoms with Gasteiger partial charge in [-0.15, -0.1) is 0 Å². The quantitative estimate of drug-likeness (QED) is 0.542. The third-order valence-corrected chi connectivity index (χ3v) is 5.51. The van der Waals surface area contributed by atoms with E-state index in [1.165, 1.54) is 11.3 Å². The molecule has 0 radical (unpaired) electrons. The average molecular weight is 409 g/mol. The molecule has 0 spiro atoms. The highest BCUT2D eigenvalue weighted by molar-refractivity contribution is 6.16. The maximum Gasteiger partial charge on any atom is 0.219 e. The minimum absolute atomic E-state index is 0.160. The SMILES string of the molecule is C=NCCNC1=CC(C2=CC=C(N3CCCN(C(C)=O)CC3)C=CC2)=NC(=NC)C1. The zero-order valence-electron chi connectivity index (χ0n) is 18.1. The predicted octanol–water partition coefficient (Wildman–Crippen LogP) is 2.36. The van der Waals surface area contributed by atoms with Gasteiger partial charge >= 0.3 is 0 Å². The van der Waals surface area contributed by atoms with Crippen LogP contribution in [0.5, 0.6) is 0 Å². The number of nitrogens with one attached hydrogen (secondary N) is 1. The molecular formula is C23H32N6O. The van der Waals surface area contributed by atoms with E-state index >= 15 is 0 Å². The number of aliphatic imine (C=N–C) groups is 3. The molecule has 7 heteroatoms. The number of amidine groups is 1. The van der Waals surface area contributed by atoms with Gasteiger partial charge in [0.1, 0.15) is 5.84 Å². The van der Waals surface area contributed by atoms with Gasteiger partial charge in [-0.25, -0.2) is 4.99 Å². The van der Waals surface area contributed by atoms with Crippen LogP contribution in [0.25, 0.3) is 0 Å². The monoisotopic (exact) mass is 408 g/mol. The third kappa shape index (κ3) is 5.78. The number of allylic oxidation sites excluding steroid dienone is 6. The number of hydrogen-bond donors (Lipinski definition) is 1. The lowest BCUT2D eigenvalue weighted by atomic mass is 10.0. The molecule has 1 amide bonds. The zero-order valence-corrected chi connectivity index (χ0v) is 18.1. The van der Waals surface area contributed by atoms with E-state index < -0.39 is 0 Å². The fraction of sp³-hybridized carbons (Fsp3) is 0.478. The van der Waals surface area contributed by atoms with Gasteiger partial charge < -0.3 is 15.1 Å². The van der Waals surface area contributed by atoms with Crippen molar-refractivity contribution in [1.29, 1.82) is 0 Å². The Morgan fingerprint density at radius 2 is 2.13 bits per heavy atom. The summed E-state index contributed by atoms with van der Waals surface area (Å²) in [6, 6.07) is 0. The van der Waals surface area contributed by atoms with Crippen LogP contribution in [0, 0.1) is 0 Å². The van der Waals surface area contributed by atoms with E-state index in [4.69, 9.17) is 4.99 Å². The second-order valence-electron chi connectivity index (χ2n) is 7.59. The van der Waals surface area contributed by atoms with E-state index in [1.54, 1.807) is 14.0 Å². The predicted molar refractivity (Wildman–Crippen MR) is 124 cm³/mol. The van der Waals surface area contributed by atoms with Gasteiger partial charge in [-0.3, -0.25) is 14.8 Å². The first-order valence-corrected chi connectivity index (χ1v) is 10.6. The minimum Gasteiger partial charge on any atom is -0.386 e. The molecule has 2 heterocycles. The Morgan fingerprint density at radius 1 is 1.27 bits per heavy atom. The Balaban J connectivity index is 1.75. The highest BCUT2D eigenvalue weighted by Crippen LogP contribution is 2.21. The molecule has 7 nitrogen and oxygen atoms in total. The summed E-state index contributed by atoms with van der Waals surface area (Å²) in [5.74, 6) is 0.991. The average Bonchev–Trinajstić information content (AvgIpc) is 3.14. The van der Waals surface area contributed by atoms with Crippen LogP contribution in [-0.4, -0.2) is 80.3 Å². The maximum atomic E-state index is 11.7. The normalized spacial score (nSPS) is 21.2. The van der Waals surface area contributed by atoms with Crippen molar-refractivity contribution in [2.24, 2.45) is 15.0 Å². The molecule has 3 rings (SSSR count). The topological polar surface area (TPSA) is 72.7 Å². The van der Waals surface area contributed by atoms with Crippen molar-refractivity contribution in [2.75, 3.05) is 46.3 Å². The van der Waals surface area contributed by atoms with Crippen molar-refractivity contribution in [2.45, 2.75) is 26.2 Å². The van der Waals surface area contributed by atoms with Crippen LogP contribution in [0.3, 0.4) is 0 Å². The molecule has 3 aliphatic rings. The molecule has 30 heavy (non-hydrogen) atoms. The molecule has 0 bridgehead atoms. The largest absolute Gasteiger partial charge is 0.386 e. The molecular weight excluding hydrogens is 376 g/mol. The number of carbonyl (C=O) groups is 1.